The standard InChI is InChI=1S/C12H18ClNO/c1-5-8-6-9(12(2,3)14)11(15-4)10(13)7-8/h6-7H,5,14H2,1-4H3. The van der Waals surface area contributed by atoms with Crippen molar-refractivity contribution >= 4 is 11.6 Å². The van der Waals surface area contributed by atoms with Gasteiger partial charge in [-0.25, -0.2) is 0 Å². The Bertz CT molecular complexity index is 355. The normalized spacial score (nSPS) is 11.6. The first-order chi connectivity index (χ1) is 6.90. The molecule has 0 radical (unpaired) electrons. The van der Waals surface area contributed by atoms with Gasteiger partial charge in [0, 0.05) is 11.1 Å². The summed E-state index contributed by atoms with van der Waals surface area (Å²) in [6.45, 7) is 5.98. The molecule has 0 unspecified atom stereocenters. The van der Waals surface area contributed by atoms with Gasteiger partial charge in [-0.3, -0.25) is 0 Å². The zero-order chi connectivity index (χ0) is 11.6. The maximum Gasteiger partial charge on any atom is 0.142 e. The lowest BCUT2D eigenvalue weighted by Crippen LogP contribution is -2.29. The number of benzene rings is 1. The second-order valence-electron chi connectivity index (χ2n) is 4.23. The summed E-state index contributed by atoms with van der Waals surface area (Å²) in [7, 11) is 1.61. The number of methoxy groups -OCH3 is 1. The minimum absolute atomic E-state index is 0.444. The van der Waals surface area contributed by atoms with Crippen LogP contribution in [0.25, 0.3) is 0 Å². The predicted octanol–water partition coefficient (Wildman–Crippen LogP) is 3.10. The molecule has 84 valence electrons. The van der Waals surface area contributed by atoms with Crippen LogP contribution in [0.15, 0.2) is 12.1 Å². The maximum atomic E-state index is 6.14. The summed E-state index contributed by atoms with van der Waals surface area (Å²) < 4.78 is 5.29. The smallest absolute Gasteiger partial charge is 0.142 e. The van der Waals surface area contributed by atoms with Gasteiger partial charge in [0.05, 0.1) is 12.1 Å². The Hall–Kier alpha value is -0.730. The third kappa shape index (κ3) is 2.64. The Morgan fingerprint density at radius 2 is 2.00 bits per heavy atom. The van der Waals surface area contributed by atoms with Crippen LogP contribution in [0, 0.1) is 0 Å². The van der Waals surface area contributed by atoms with Crippen molar-refractivity contribution < 1.29 is 4.74 Å². The van der Waals surface area contributed by atoms with Crippen LogP contribution >= 0.6 is 11.6 Å². The Balaban J connectivity index is 3.39. The maximum absolute atomic E-state index is 6.14. The van der Waals surface area contributed by atoms with Gasteiger partial charge < -0.3 is 10.5 Å². The van der Waals surface area contributed by atoms with Crippen LogP contribution in [0.1, 0.15) is 31.9 Å². The molecule has 1 rings (SSSR count). The van der Waals surface area contributed by atoms with Gasteiger partial charge in [0.15, 0.2) is 0 Å². The van der Waals surface area contributed by atoms with Crippen molar-refractivity contribution in [3.63, 3.8) is 0 Å². The average molecular weight is 228 g/mol. The van der Waals surface area contributed by atoms with Crippen LogP contribution in [0.2, 0.25) is 5.02 Å². The van der Waals surface area contributed by atoms with E-state index in [4.69, 9.17) is 22.1 Å². The lowest BCUT2D eigenvalue weighted by molar-refractivity contribution is 0.394. The summed E-state index contributed by atoms with van der Waals surface area (Å²) in [5.41, 5.74) is 7.77. The van der Waals surface area contributed by atoms with E-state index in [1.54, 1.807) is 7.11 Å². The van der Waals surface area contributed by atoms with Crippen molar-refractivity contribution in [1.82, 2.24) is 0 Å². The fourth-order valence-corrected chi connectivity index (χ4v) is 1.86. The van der Waals surface area contributed by atoms with Crippen LogP contribution in [-0.4, -0.2) is 7.11 Å². The van der Waals surface area contributed by atoms with Crippen LogP contribution in [0.5, 0.6) is 5.75 Å². The van der Waals surface area contributed by atoms with Gasteiger partial charge in [-0.15, -0.1) is 0 Å². The molecule has 1 aromatic carbocycles. The second-order valence-corrected chi connectivity index (χ2v) is 4.64. The molecular weight excluding hydrogens is 210 g/mol. The van der Waals surface area contributed by atoms with E-state index >= 15 is 0 Å². The molecule has 2 nitrogen and oxygen atoms in total. The first-order valence-corrected chi connectivity index (χ1v) is 5.43. The van der Waals surface area contributed by atoms with E-state index in [2.05, 4.69) is 13.0 Å². The molecule has 0 bridgehead atoms. The first-order valence-electron chi connectivity index (χ1n) is 5.06. The topological polar surface area (TPSA) is 35.2 Å². The number of aryl methyl sites for hydroxylation is 1. The second kappa shape index (κ2) is 4.42. The summed E-state index contributed by atoms with van der Waals surface area (Å²) in [6, 6.07) is 3.99. The molecule has 0 aliphatic heterocycles. The third-order valence-corrected chi connectivity index (χ3v) is 2.69. The molecule has 0 saturated heterocycles. The van der Waals surface area contributed by atoms with Crippen molar-refractivity contribution in [2.24, 2.45) is 5.73 Å². The summed E-state index contributed by atoms with van der Waals surface area (Å²) >= 11 is 6.14. The molecule has 0 saturated carbocycles. The lowest BCUT2D eigenvalue weighted by atomic mass is 9.92. The van der Waals surface area contributed by atoms with Crippen molar-refractivity contribution in [1.29, 1.82) is 0 Å². The van der Waals surface area contributed by atoms with E-state index in [-0.39, 0.29) is 0 Å². The zero-order valence-electron chi connectivity index (χ0n) is 9.73. The molecule has 3 heteroatoms. The largest absolute Gasteiger partial charge is 0.495 e. The summed E-state index contributed by atoms with van der Waals surface area (Å²) in [5.74, 6) is 0.682. The van der Waals surface area contributed by atoms with Crippen molar-refractivity contribution in [3.8, 4) is 5.75 Å². The molecule has 1 aromatic rings. The Labute approximate surface area is 96.4 Å². The Morgan fingerprint density at radius 3 is 2.40 bits per heavy atom. The lowest BCUT2D eigenvalue weighted by Gasteiger charge is -2.23. The number of nitrogens with two attached hydrogens (primary N) is 1. The summed E-state index contributed by atoms with van der Waals surface area (Å²) in [5, 5.41) is 0.630. The van der Waals surface area contributed by atoms with Gasteiger partial charge in [0.25, 0.3) is 0 Å². The third-order valence-electron chi connectivity index (χ3n) is 2.41. The number of rotatable bonds is 3. The van der Waals surface area contributed by atoms with E-state index in [1.165, 1.54) is 5.56 Å². The zero-order valence-corrected chi connectivity index (χ0v) is 10.5. The molecule has 0 aliphatic carbocycles. The van der Waals surface area contributed by atoms with Gasteiger partial charge in [0.1, 0.15) is 5.75 Å². The Kier molecular flexibility index (Phi) is 3.63. The van der Waals surface area contributed by atoms with Gasteiger partial charge in [-0.2, -0.15) is 0 Å². The fourth-order valence-electron chi connectivity index (χ4n) is 1.54. The van der Waals surface area contributed by atoms with Crippen molar-refractivity contribution in [2.45, 2.75) is 32.7 Å². The molecule has 0 aliphatic rings. The van der Waals surface area contributed by atoms with E-state index in [0.29, 0.717) is 10.8 Å². The Morgan fingerprint density at radius 1 is 1.40 bits per heavy atom. The van der Waals surface area contributed by atoms with Crippen LogP contribution in [0.4, 0.5) is 0 Å². The summed E-state index contributed by atoms with van der Waals surface area (Å²) in [4.78, 5) is 0. The van der Waals surface area contributed by atoms with E-state index in [1.807, 2.05) is 19.9 Å². The highest BCUT2D eigenvalue weighted by Gasteiger charge is 2.21. The predicted molar refractivity (Wildman–Crippen MR) is 64.6 cm³/mol. The number of halogens is 1. The molecule has 0 spiro atoms. The highest BCUT2D eigenvalue weighted by molar-refractivity contribution is 6.32. The highest BCUT2D eigenvalue weighted by Crippen LogP contribution is 2.35. The fraction of sp³-hybridized carbons (Fsp3) is 0.500. The minimum atomic E-state index is -0.444. The van der Waals surface area contributed by atoms with Crippen molar-refractivity contribution in [2.75, 3.05) is 7.11 Å². The molecule has 0 heterocycles. The molecule has 0 aromatic heterocycles. The van der Waals surface area contributed by atoms with Crippen LogP contribution < -0.4 is 10.5 Å². The first kappa shape index (κ1) is 12.3. The number of ether oxygens (including phenoxy) is 1. The van der Waals surface area contributed by atoms with Gasteiger partial charge in [0.2, 0.25) is 0 Å². The van der Waals surface area contributed by atoms with E-state index in [0.717, 1.165) is 12.0 Å². The molecule has 15 heavy (non-hydrogen) atoms. The van der Waals surface area contributed by atoms with E-state index in [9.17, 15) is 0 Å². The molecule has 2 N–H and O–H groups in total. The van der Waals surface area contributed by atoms with Crippen LogP contribution in [0.3, 0.4) is 0 Å². The van der Waals surface area contributed by atoms with Gasteiger partial charge >= 0.3 is 0 Å². The van der Waals surface area contributed by atoms with E-state index < -0.39 is 5.54 Å². The molecular formula is C12H18ClNO. The van der Waals surface area contributed by atoms with Crippen molar-refractivity contribution in [3.05, 3.63) is 28.3 Å². The molecule has 0 fully saturated rings. The summed E-state index contributed by atoms with van der Waals surface area (Å²) in [6.07, 6.45) is 0.937. The van der Waals surface area contributed by atoms with Crippen LogP contribution in [-0.2, 0) is 12.0 Å². The average Bonchev–Trinajstić information content (AvgIpc) is 2.15. The minimum Gasteiger partial charge on any atom is -0.495 e. The number of hydrogen-bond donors (Lipinski definition) is 1. The monoisotopic (exact) mass is 227 g/mol. The SMILES string of the molecule is CCc1cc(Cl)c(OC)c(C(C)(C)N)c1. The van der Waals surface area contributed by atoms with Gasteiger partial charge in [-0.05, 0) is 31.9 Å². The molecule has 0 atom stereocenters. The number of hydrogen-bond acceptors (Lipinski definition) is 2. The molecule has 0 amide bonds. The van der Waals surface area contributed by atoms with Gasteiger partial charge in [-0.1, -0.05) is 24.6 Å². The quantitative estimate of drug-likeness (QED) is 0.861. The highest BCUT2D eigenvalue weighted by atomic mass is 35.5.